The lowest BCUT2D eigenvalue weighted by molar-refractivity contribution is -0.384. The molecule has 2 aliphatic heterocycles. The number of carbonyl (C=O) groups is 1. The highest BCUT2D eigenvalue weighted by atomic mass is 35.5. The molecule has 1 aromatic rings. The number of hydrogen-bond acceptors (Lipinski definition) is 6. The number of carbonyl (C=O) groups excluding carboxylic acids is 1. The number of benzene rings is 1. The van der Waals surface area contributed by atoms with E-state index < -0.39 is 10.5 Å². The van der Waals surface area contributed by atoms with Crippen LogP contribution in [0.3, 0.4) is 0 Å². The number of rotatable bonds is 4. The highest BCUT2D eigenvalue weighted by Gasteiger charge is 2.42. The van der Waals surface area contributed by atoms with E-state index in [2.05, 4.69) is 21.5 Å². The predicted octanol–water partition coefficient (Wildman–Crippen LogP) is 0.822. The van der Waals surface area contributed by atoms with E-state index in [9.17, 15) is 14.9 Å². The summed E-state index contributed by atoms with van der Waals surface area (Å²) < 4.78 is 0. The number of nitrogens with zero attached hydrogens (tertiary/aromatic N) is 1. The van der Waals surface area contributed by atoms with Gasteiger partial charge in [0.05, 0.1) is 10.5 Å². The molecule has 2 saturated heterocycles. The van der Waals surface area contributed by atoms with Crippen LogP contribution in [-0.2, 0) is 10.3 Å². The Balaban J connectivity index is 0.00000225. The maximum absolute atomic E-state index is 12.7. The number of nitro groups is 1. The summed E-state index contributed by atoms with van der Waals surface area (Å²) in [6.45, 7) is 5.55. The second-order valence-corrected chi connectivity index (χ2v) is 6.95. The topological polar surface area (TPSA) is 108 Å². The molecule has 3 unspecified atom stereocenters. The van der Waals surface area contributed by atoms with Gasteiger partial charge in [-0.2, -0.15) is 0 Å². The van der Waals surface area contributed by atoms with Gasteiger partial charge in [-0.3, -0.25) is 20.3 Å². The van der Waals surface area contributed by atoms with Crippen LogP contribution in [-0.4, -0.2) is 36.0 Å². The molecule has 2 fully saturated rings. The minimum atomic E-state index is -0.617. The number of nitrogens with one attached hydrogen (secondary N) is 4. The third-order valence-electron chi connectivity index (χ3n) is 4.90. The first kappa shape index (κ1) is 19.6. The van der Waals surface area contributed by atoms with Crippen LogP contribution in [0.4, 0.5) is 5.69 Å². The van der Waals surface area contributed by atoms with Gasteiger partial charge in [-0.25, -0.2) is 5.43 Å². The first-order valence-electron chi connectivity index (χ1n) is 8.17. The van der Waals surface area contributed by atoms with Gasteiger partial charge in [0.1, 0.15) is 6.04 Å². The van der Waals surface area contributed by atoms with Gasteiger partial charge >= 0.3 is 0 Å². The number of halogens is 1. The monoisotopic (exact) mass is 369 g/mol. The second-order valence-electron chi connectivity index (χ2n) is 6.95. The zero-order valence-corrected chi connectivity index (χ0v) is 15.1. The third-order valence-corrected chi connectivity index (χ3v) is 4.90. The molecule has 0 spiro atoms. The number of non-ortho nitro benzene ring substituents is 1. The van der Waals surface area contributed by atoms with E-state index in [1.807, 2.05) is 13.8 Å². The maximum Gasteiger partial charge on any atom is 0.269 e. The lowest BCUT2D eigenvalue weighted by Gasteiger charge is -2.31. The summed E-state index contributed by atoms with van der Waals surface area (Å²) in [6.07, 6.45) is 0.993. The Morgan fingerprint density at radius 3 is 2.60 bits per heavy atom. The van der Waals surface area contributed by atoms with Crippen molar-refractivity contribution in [1.29, 1.82) is 0 Å². The first-order chi connectivity index (χ1) is 11.4. The number of hydrogen-bond donors (Lipinski definition) is 4. The summed E-state index contributed by atoms with van der Waals surface area (Å²) in [5.41, 5.74) is 6.56. The highest BCUT2D eigenvalue weighted by Crippen LogP contribution is 2.25. The van der Waals surface area contributed by atoms with Crippen molar-refractivity contribution in [3.63, 3.8) is 0 Å². The maximum atomic E-state index is 12.7. The fraction of sp³-hybridized carbons (Fsp3) is 0.562. The molecule has 8 nitrogen and oxygen atoms in total. The van der Waals surface area contributed by atoms with E-state index in [1.54, 1.807) is 12.1 Å². The molecule has 3 atom stereocenters. The van der Waals surface area contributed by atoms with E-state index in [0.717, 1.165) is 25.1 Å². The van der Waals surface area contributed by atoms with E-state index in [-0.39, 0.29) is 36.0 Å². The van der Waals surface area contributed by atoms with Gasteiger partial charge in [-0.05, 0) is 44.5 Å². The Morgan fingerprint density at radius 1 is 1.28 bits per heavy atom. The molecule has 9 heteroatoms. The van der Waals surface area contributed by atoms with Gasteiger partial charge in [-0.15, -0.1) is 12.4 Å². The van der Waals surface area contributed by atoms with Gasteiger partial charge in [0.2, 0.25) is 5.91 Å². The molecule has 25 heavy (non-hydrogen) atoms. The van der Waals surface area contributed by atoms with Crippen LogP contribution in [0.25, 0.3) is 0 Å². The average Bonchev–Trinajstić information content (AvgIpc) is 2.98. The molecule has 1 aromatic carbocycles. The Labute approximate surface area is 152 Å². The molecule has 0 saturated carbocycles. The lowest BCUT2D eigenvalue weighted by atomic mass is 9.87. The number of nitro benzene ring substituents is 1. The fourth-order valence-corrected chi connectivity index (χ4v) is 3.43. The average molecular weight is 370 g/mol. The zero-order valence-electron chi connectivity index (χ0n) is 14.2. The largest absolute Gasteiger partial charge is 0.346 e. The van der Waals surface area contributed by atoms with Crippen LogP contribution in [0.15, 0.2) is 24.3 Å². The quantitative estimate of drug-likeness (QED) is 0.462. The summed E-state index contributed by atoms with van der Waals surface area (Å²) in [6, 6.07) is 6.30. The summed E-state index contributed by atoms with van der Waals surface area (Å²) in [5, 5.41) is 17.1. The Hall–Kier alpha value is -1.74. The van der Waals surface area contributed by atoms with Crippen LogP contribution in [0.2, 0.25) is 0 Å². The molecule has 2 heterocycles. The fourth-order valence-electron chi connectivity index (χ4n) is 3.43. The number of fused-ring (bicyclic) bond motifs is 1. The Morgan fingerprint density at radius 2 is 1.96 bits per heavy atom. The van der Waals surface area contributed by atoms with Crippen molar-refractivity contribution in [2.75, 3.05) is 13.1 Å². The SMILES string of the molecule is CC(C)(NC(=O)C1NNC2CCNCC21)c1ccc([N+](=O)[O-])cc1.Cl. The van der Waals surface area contributed by atoms with Crippen LogP contribution in [0, 0.1) is 16.0 Å². The molecule has 3 rings (SSSR count). The van der Waals surface area contributed by atoms with Crippen molar-refractivity contribution in [2.24, 2.45) is 5.92 Å². The van der Waals surface area contributed by atoms with Crippen molar-refractivity contribution in [3.05, 3.63) is 39.9 Å². The van der Waals surface area contributed by atoms with Gasteiger partial charge < -0.3 is 10.6 Å². The smallest absolute Gasteiger partial charge is 0.269 e. The normalized spacial score (nSPS) is 25.6. The van der Waals surface area contributed by atoms with E-state index in [0.29, 0.717) is 6.04 Å². The van der Waals surface area contributed by atoms with Crippen molar-refractivity contribution in [3.8, 4) is 0 Å². The molecular weight excluding hydrogens is 346 g/mol. The van der Waals surface area contributed by atoms with Gasteiger partial charge in [0, 0.05) is 30.6 Å². The van der Waals surface area contributed by atoms with Crippen LogP contribution in [0.1, 0.15) is 25.8 Å². The predicted molar refractivity (Wildman–Crippen MR) is 96.3 cm³/mol. The highest BCUT2D eigenvalue weighted by molar-refractivity contribution is 5.85. The molecule has 2 aliphatic rings. The number of piperidine rings is 1. The van der Waals surface area contributed by atoms with Crippen molar-refractivity contribution in [1.82, 2.24) is 21.5 Å². The lowest BCUT2D eigenvalue weighted by Crippen LogP contribution is -2.53. The molecule has 138 valence electrons. The summed E-state index contributed by atoms with van der Waals surface area (Å²) in [5.74, 6) is 0.147. The zero-order chi connectivity index (χ0) is 17.3. The van der Waals surface area contributed by atoms with Crippen molar-refractivity contribution in [2.45, 2.75) is 37.9 Å². The molecule has 0 aromatic heterocycles. The number of hydrazine groups is 1. The third kappa shape index (κ3) is 4.09. The van der Waals surface area contributed by atoms with Crippen LogP contribution >= 0.6 is 12.4 Å². The molecule has 4 N–H and O–H groups in total. The van der Waals surface area contributed by atoms with E-state index in [4.69, 9.17) is 0 Å². The molecule has 0 bridgehead atoms. The molecule has 0 radical (unpaired) electrons. The standard InChI is InChI=1S/C16H23N5O3.ClH/c1-16(2,10-3-5-11(6-4-10)21(23)24)18-15(22)14-12-9-17-8-7-13(12)19-20-14;/h3-6,12-14,17,19-20H,7-9H2,1-2H3,(H,18,22);1H. The van der Waals surface area contributed by atoms with Gasteiger partial charge in [0.25, 0.3) is 5.69 Å². The second kappa shape index (κ2) is 7.65. The Bertz CT molecular complexity index is 637. The summed E-state index contributed by atoms with van der Waals surface area (Å²) >= 11 is 0. The minimum Gasteiger partial charge on any atom is -0.346 e. The number of amides is 1. The minimum absolute atomic E-state index is 0. The van der Waals surface area contributed by atoms with E-state index in [1.165, 1.54) is 12.1 Å². The summed E-state index contributed by atoms with van der Waals surface area (Å²) in [4.78, 5) is 23.0. The molecular formula is C16H24ClN5O3. The molecule has 1 amide bonds. The summed E-state index contributed by atoms with van der Waals surface area (Å²) in [7, 11) is 0. The Kier molecular flexibility index (Phi) is 5.99. The first-order valence-corrected chi connectivity index (χ1v) is 8.17. The van der Waals surface area contributed by atoms with E-state index >= 15 is 0 Å². The van der Waals surface area contributed by atoms with Crippen molar-refractivity contribution >= 4 is 24.0 Å². The van der Waals surface area contributed by atoms with Crippen molar-refractivity contribution < 1.29 is 9.72 Å². The van der Waals surface area contributed by atoms with Crippen LogP contribution < -0.4 is 21.5 Å². The van der Waals surface area contributed by atoms with Gasteiger partial charge in [-0.1, -0.05) is 0 Å². The molecule has 0 aliphatic carbocycles. The van der Waals surface area contributed by atoms with Crippen LogP contribution in [0.5, 0.6) is 0 Å². The van der Waals surface area contributed by atoms with Gasteiger partial charge in [0.15, 0.2) is 0 Å².